The van der Waals surface area contributed by atoms with Crippen LogP contribution < -0.4 is 10.2 Å². The summed E-state index contributed by atoms with van der Waals surface area (Å²) in [6, 6.07) is -0.152. The van der Waals surface area contributed by atoms with Gasteiger partial charge in [-0.25, -0.2) is 0 Å². The number of rotatable bonds is 5. The van der Waals surface area contributed by atoms with Crippen molar-refractivity contribution in [1.29, 1.82) is 0 Å². The van der Waals surface area contributed by atoms with Crippen molar-refractivity contribution in [3.63, 3.8) is 0 Å². The first-order valence-electron chi connectivity index (χ1n) is 3.47. The molecule has 6 unspecified atom stereocenters. The van der Waals surface area contributed by atoms with Crippen molar-refractivity contribution in [1.82, 2.24) is 10.2 Å². The van der Waals surface area contributed by atoms with Crippen LogP contribution in [0.15, 0.2) is 0 Å². The molecule has 4 N–H and O–H groups in total. The molecule has 0 radical (unpaired) electrons. The maximum Gasteiger partial charge on any atom is 0.106 e. The molecular weight excluding hydrogens is 309 g/mol. The molecule has 0 aromatic carbocycles. The molecule has 0 rings (SSSR count). The third kappa shape index (κ3) is 4.09. The van der Waals surface area contributed by atoms with Gasteiger partial charge < -0.3 is 10.2 Å². The maximum atomic E-state index is 9.51. The lowest BCUT2D eigenvalue weighted by Crippen LogP contribution is -2.47. The molecule has 0 aliphatic carbocycles. The summed E-state index contributed by atoms with van der Waals surface area (Å²) in [7, 11) is 4.61. The van der Waals surface area contributed by atoms with Gasteiger partial charge in [0.05, 0.1) is 10.2 Å². The molecule has 0 aromatic rings. The van der Waals surface area contributed by atoms with E-state index in [9.17, 15) is 10.2 Å². The Labute approximate surface area is 90.9 Å². The average molecular weight is 324 g/mol. The van der Waals surface area contributed by atoms with Gasteiger partial charge in [-0.2, -0.15) is 0 Å². The van der Waals surface area contributed by atoms with E-state index in [1.807, 2.05) is 22.6 Å². The summed E-state index contributed by atoms with van der Waals surface area (Å²) in [5, 5.41) is 24.6. The van der Waals surface area contributed by atoms with Gasteiger partial charge in [0.15, 0.2) is 0 Å². The van der Waals surface area contributed by atoms with Gasteiger partial charge in [0, 0.05) is 6.04 Å². The van der Waals surface area contributed by atoms with Gasteiger partial charge in [-0.1, -0.05) is 41.4 Å². The van der Waals surface area contributed by atoms with E-state index in [0.717, 1.165) is 0 Å². The Hall–Kier alpha value is 1.43. The van der Waals surface area contributed by atoms with Crippen LogP contribution >= 0.6 is 41.4 Å². The maximum absolute atomic E-state index is 9.51. The van der Waals surface area contributed by atoms with Gasteiger partial charge in [-0.15, -0.1) is 0 Å². The van der Waals surface area contributed by atoms with Crippen LogP contribution in [0, 0.1) is 0 Å². The first-order chi connectivity index (χ1) is 5.54. The molecule has 0 aromatic heterocycles. The molecule has 0 aliphatic heterocycles. The molecule has 0 amide bonds. The summed E-state index contributed by atoms with van der Waals surface area (Å²) >= 11 is 2.02. The highest BCUT2D eigenvalue weighted by molar-refractivity contribution is 14.1. The second-order valence-electron chi connectivity index (χ2n) is 2.50. The van der Waals surface area contributed by atoms with Crippen molar-refractivity contribution in [3.8, 4) is 0 Å². The van der Waals surface area contributed by atoms with E-state index in [0.29, 0.717) is 0 Å². The normalized spacial score (nSPS) is 21.5. The number of alkyl halides is 1. The van der Waals surface area contributed by atoms with Gasteiger partial charge in [-0.05, 0) is 6.92 Å². The molecule has 0 heterocycles. The number of aliphatic hydroxyl groups excluding tert-OH is 2. The largest absolute Gasteiger partial charge is 0.389 e. The Balaban J connectivity index is 3.99. The molecule has 12 heavy (non-hydrogen) atoms. The minimum atomic E-state index is -0.786. The van der Waals surface area contributed by atoms with Crippen molar-refractivity contribution >= 4 is 41.4 Å². The second kappa shape index (κ2) is 6.82. The van der Waals surface area contributed by atoms with Crippen LogP contribution in [0.4, 0.5) is 0 Å². The van der Waals surface area contributed by atoms with Gasteiger partial charge in [0.25, 0.3) is 0 Å². The summed E-state index contributed by atoms with van der Waals surface area (Å²) < 4.78 is -0.177. The summed E-state index contributed by atoms with van der Waals surface area (Å²) in [4.78, 5) is 0. The van der Waals surface area contributed by atoms with Crippen LogP contribution in [0.2, 0.25) is 0 Å². The first kappa shape index (κ1) is 13.4. The zero-order valence-electron chi connectivity index (χ0n) is 6.74. The number of aliphatic hydroxyl groups is 2. The third-order valence-corrected chi connectivity index (χ3v) is 4.24. The van der Waals surface area contributed by atoms with E-state index < -0.39 is 12.2 Å². The third-order valence-electron chi connectivity index (χ3n) is 1.58. The Kier molecular flexibility index (Phi) is 7.63. The molecular formula is C5H15IN2O2P2. The van der Waals surface area contributed by atoms with Gasteiger partial charge in [0.2, 0.25) is 0 Å². The minimum Gasteiger partial charge on any atom is -0.389 e. The first-order valence-corrected chi connectivity index (χ1v) is 5.87. The molecule has 6 atom stereocenters. The van der Waals surface area contributed by atoms with Crippen LogP contribution in [0.1, 0.15) is 6.92 Å². The van der Waals surface area contributed by atoms with Crippen LogP contribution in [-0.2, 0) is 0 Å². The van der Waals surface area contributed by atoms with Crippen molar-refractivity contribution < 1.29 is 10.2 Å². The highest BCUT2D eigenvalue weighted by atomic mass is 127. The Morgan fingerprint density at radius 2 is 1.67 bits per heavy atom. The molecule has 0 aliphatic rings. The Bertz CT molecular complexity index is 118. The highest BCUT2D eigenvalue weighted by Crippen LogP contribution is 2.11. The van der Waals surface area contributed by atoms with Crippen molar-refractivity contribution in [2.75, 3.05) is 0 Å². The summed E-state index contributed by atoms with van der Waals surface area (Å²) in [6.07, 6.45) is -1.57. The zero-order chi connectivity index (χ0) is 9.72. The molecule has 0 bridgehead atoms. The van der Waals surface area contributed by atoms with E-state index in [1.165, 1.54) is 0 Å². The lowest BCUT2D eigenvalue weighted by Gasteiger charge is -2.26. The molecule has 4 nitrogen and oxygen atoms in total. The van der Waals surface area contributed by atoms with Crippen LogP contribution in [0.5, 0.6) is 0 Å². The average Bonchev–Trinajstić information content (AvgIpc) is 2.12. The molecule has 0 fully saturated rings. The second-order valence-corrected chi connectivity index (χ2v) is 4.51. The SMILES string of the molecule is CC(NP)C(O)C(O)C(I)NP. The Morgan fingerprint density at radius 3 is 2.00 bits per heavy atom. The predicted molar refractivity (Wildman–Crippen MR) is 65.0 cm³/mol. The smallest absolute Gasteiger partial charge is 0.106 e. The quantitative estimate of drug-likeness (QED) is 0.241. The molecule has 7 heteroatoms. The van der Waals surface area contributed by atoms with Gasteiger partial charge in [-0.3, -0.25) is 10.2 Å². The fraction of sp³-hybridized carbons (Fsp3) is 1.00. The zero-order valence-corrected chi connectivity index (χ0v) is 11.2. The topological polar surface area (TPSA) is 64.5 Å². The van der Waals surface area contributed by atoms with E-state index in [-0.39, 0.29) is 10.1 Å². The van der Waals surface area contributed by atoms with Crippen molar-refractivity contribution in [2.45, 2.75) is 29.2 Å². The fourth-order valence-electron chi connectivity index (χ4n) is 0.666. The number of hydrogen-bond acceptors (Lipinski definition) is 4. The highest BCUT2D eigenvalue weighted by Gasteiger charge is 2.26. The lowest BCUT2D eigenvalue weighted by molar-refractivity contribution is 0.00550. The van der Waals surface area contributed by atoms with E-state index >= 15 is 0 Å². The molecule has 0 spiro atoms. The van der Waals surface area contributed by atoms with E-state index in [4.69, 9.17) is 0 Å². The fourth-order valence-corrected chi connectivity index (χ4v) is 1.49. The summed E-state index contributed by atoms with van der Waals surface area (Å²) in [5.41, 5.74) is 0. The Morgan fingerprint density at radius 1 is 1.17 bits per heavy atom. The van der Waals surface area contributed by atoms with Crippen molar-refractivity contribution in [3.05, 3.63) is 0 Å². The van der Waals surface area contributed by atoms with Crippen LogP contribution in [-0.4, -0.2) is 32.5 Å². The number of halogens is 1. The molecule has 0 saturated heterocycles. The summed E-state index contributed by atoms with van der Waals surface area (Å²) in [5.74, 6) is 0. The lowest BCUT2D eigenvalue weighted by atomic mass is 10.1. The minimum absolute atomic E-state index is 0.152. The van der Waals surface area contributed by atoms with E-state index in [1.54, 1.807) is 6.92 Å². The van der Waals surface area contributed by atoms with Gasteiger partial charge in [0.1, 0.15) is 6.10 Å². The predicted octanol–water partition coefficient (Wildman–Crippen LogP) is -0.383. The van der Waals surface area contributed by atoms with Crippen LogP contribution in [0.3, 0.4) is 0 Å². The van der Waals surface area contributed by atoms with Crippen LogP contribution in [0.25, 0.3) is 0 Å². The molecule has 74 valence electrons. The monoisotopic (exact) mass is 324 g/mol. The molecule has 0 saturated carbocycles. The standard InChI is InChI=1S/C5H15IN2O2P2/c1-2(7-11)3(9)4(10)5(6)8-12/h2-5,7-10H,11-12H2,1H3. The van der Waals surface area contributed by atoms with Gasteiger partial charge >= 0.3 is 0 Å². The number of nitrogens with one attached hydrogen (secondary N) is 2. The van der Waals surface area contributed by atoms with E-state index in [2.05, 4.69) is 29.0 Å². The summed E-state index contributed by atoms with van der Waals surface area (Å²) in [6.45, 7) is 1.80. The van der Waals surface area contributed by atoms with Crippen molar-refractivity contribution in [2.24, 2.45) is 0 Å². The number of hydrogen-bond donors (Lipinski definition) is 4.